The highest BCUT2D eigenvalue weighted by atomic mass is 19.1. The van der Waals surface area contributed by atoms with Gasteiger partial charge in [-0.15, -0.1) is 0 Å². The van der Waals surface area contributed by atoms with Crippen molar-refractivity contribution in [1.29, 1.82) is 0 Å². The van der Waals surface area contributed by atoms with Crippen molar-refractivity contribution in [2.45, 2.75) is 12.0 Å². The van der Waals surface area contributed by atoms with E-state index in [0.717, 1.165) is 6.54 Å². The molecule has 0 aromatic heterocycles. The SMILES string of the molecule is CN(C)CCCN1C(=O)C(c2ccc(F)cc2)(c2ccc(F)cc2)N=C1N(CCO)CCO. The molecule has 0 saturated heterocycles. The largest absolute Gasteiger partial charge is 0.395 e. The smallest absolute Gasteiger partial charge is 0.266 e. The Bertz CT molecular complexity index is 913. The quantitative estimate of drug-likeness (QED) is 0.564. The molecule has 1 heterocycles. The van der Waals surface area contributed by atoms with Gasteiger partial charge in [-0.05, 0) is 62.5 Å². The van der Waals surface area contributed by atoms with Gasteiger partial charge in [-0.25, -0.2) is 13.8 Å². The number of guanidine groups is 1. The average molecular weight is 461 g/mol. The number of aliphatic imine (C=N–C) groups is 1. The molecule has 2 aromatic carbocycles. The Morgan fingerprint density at radius 1 is 0.879 bits per heavy atom. The summed E-state index contributed by atoms with van der Waals surface area (Å²) < 4.78 is 27.5. The number of aliphatic hydroxyl groups excluding tert-OH is 2. The number of halogens is 2. The molecule has 2 N–H and O–H groups in total. The van der Waals surface area contributed by atoms with Crippen LogP contribution in [0.25, 0.3) is 0 Å². The molecule has 178 valence electrons. The van der Waals surface area contributed by atoms with Crippen LogP contribution in [0.15, 0.2) is 53.5 Å². The van der Waals surface area contributed by atoms with E-state index in [4.69, 9.17) is 4.99 Å². The maximum atomic E-state index is 14.1. The van der Waals surface area contributed by atoms with E-state index in [-0.39, 0.29) is 32.2 Å². The highest BCUT2D eigenvalue weighted by Gasteiger charge is 2.52. The van der Waals surface area contributed by atoms with Crippen molar-refractivity contribution >= 4 is 11.9 Å². The Morgan fingerprint density at radius 2 is 1.36 bits per heavy atom. The van der Waals surface area contributed by atoms with Gasteiger partial charge in [0.15, 0.2) is 5.54 Å². The second-order valence-corrected chi connectivity index (χ2v) is 8.18. The van der Waals surface area contributed by atoms with E-state index in [2.05, 4.69) is 0 Å². The minimum atomic E-state index is -1.54. The van der Waals surface area contributed by atoms with Gasteiger partial charge in [0.25, 0.3) is 5.91 Å². The second kappa shape index (κ2) is 10.8. The fourth-order valence-electron chi connectivity index (χ4n) is 4.01. The summed E-state index contributed by atoms with van der Waals surface area (Å²) in [7, 11) is 3.87. The summed E-state index contributed by atoms with van der Waals surface area (Å²) in [4.78, 5) is 24.1. The second-order valence-electron chi connectivity index (χ2n) is 8.18. The molecule has 0 fully saturated rings. The Labute approximate surface area is 192 Å². The van der Waals surface area contributed by atoms with Crippen molar-refractivity contribution in [3.8, 4) is 0 Å². The van der Waals surface area contributed by atoms with E-state index in [1.165, 1.54) is 48.5 Å². The molecule has 0 bridgehead atoms. The first-order valence-corrected chi connectivity index (χ1v) is 10.9. The maximum absolute atomic E-state index is 14.1. The van der Waals surface area contributed by atoms with Crippen LogP contribution in [0, 0.1) is 11.6 Å². The summed E-state index contributed by atoms with van der Waals surface area (Å²) in [5, 5.41) is 19.2. The van der Waals surface area contributed by atoms with Crippen molar-refractivity contribution in [2.24, 2.45) is 4.99 Å². The van der Waals surface area contributed by atoms with E-state index >= 15 is 0 Å². The number of aliphatic hydroxyl groups is 2. The van der Waals surface area contributed by atoms with Gasteiger partial charge in [0, 0.05) is 19.6 Å². The molecule has 0 radical (unpaired) electrons. The first kappa shape index (κ1) is 24.8. The van der Waals surface area contributed by atoms with Gasteiger partial charge in [0.2, 0.25) is 5.96 Å². The fourth-order valence-corrected chi connectivity index (χ4v) is 4.01. The Morgan fingerprint density at radius 3 is 1.79 bits per heavy atom. The van der Waals surface area contributed by atoms with Crippen molar-refractivity contribution in [2.75, 3.05) is 53.5 Å². The lowest BCUT2D eigenvalue weighted by Crippen LogP contribution is -2.48. The predicted molar refractivity (Wildman–Crippen MR) is 122 cm³/mol. The highest BCUT2D eigenvalue weighted by molar-refractivity contribution is 6.09. The van der Waals surface area contributed by atoms with Crippen molar-refractivity contribution < 1.29 is 23.8 Å². The zero-order valence-corrected chi connectivity index (χ0v) is 18.9. The zero-order chi connectivity index (χ0) is 24.0. The van der Waals surface area contributed by atoms with Gasteiger partial charge in [0.1, 0.15) is 11.6 Å². The van der Waals surface area contributed by atoms with E-state index in [1.807, 2.05) is 19.0 Å². The molecular weight excluding hydrogens is 430 g/mol. The first-order chi connectivity index (χ1) is 15.8. The predicted octanol–water partition coefficient (Wildman–Crippen LogP) is 1.64. The Hall–Kier alpha value is -2.88. The number of amides is 1. The molecule has 1 amide bonds. The molecule has 1 aliphatic rings. The van der Waals surface area contributed by atoms with Crippen LogP contribution in [0.2, 0.25) is 0 Å². The van der Waals surface area contributed by atoms with Crippen molar-refractivity contribution in [3.63, 3.8) is 0 Å². The lowest BCUT2D eigenvalue weighted by Gasteiger charge is -2.30. The van der Waals surface area contributed by atoms with Gasteiger partial charge in [-0.3, -0.25) is 9.69 Å². The summed E-state index contributed by atoms with van der Waals surface area (Å²) in [5.74, 6) is -0.939. The summed E-state index contributed by atoms with van der Waals surface area (Å²) in [6, 6.07) is 11.1. The molecule has 1 aliphatic heterocycles. The van der Waals surface area contributed by atoms with Crippen LogP contribution >= 0.6 is 0 Å². The molecule has 33 heavy (non-hydrogen) atoms. The fraction of sp³-hybridized carbons (Fsp3) is 0.417. The molecule has 0 atom stereocenters. The van der Waals surface area contributed by atoms with Crippen LogP contribution in [0.1, 0.15) is 17.5 Å². The third kappa shape index (κ3) is 5.21. The standard InChI is InChI=1S/C24H30F2N4O3/c1-28(2)12-3-13-30-22(33)24(18-4-8-20(25)9-5-18,19-6-10-21(26)11-7-19)27-23(30)29(14-16-31)15-17-32/h4-11,31-32H,3,12-17H2,1-2H3. The molecule has 0 aliphatic carbocycles. The molecule has 0 unspecified atom stereocenters. The molecule has 9 heteroatoms. The molecule has 7 nitrogen and oxygen atoms in total. The van der Waals surface area contributed by atoms with Gasteiger partial charge in [-0.1, -0.05) is 24.3 Å². The first-order valence-electron chi connectivity index (χ1n) is 10.9. The number of benzene rings is 2. The zero-order valence-electron chi connectivity index (χ0n) is 18.9. The summed E-state index contributed by atoms with van der Waals surface area (Å²) in [5.41, 5.74) is -0.653. The minimum absolute atomic E-state index is 0.166. The number of rotatable bonds is 10. The number of carbonyl (C=O) groups is 1. The van der Waals surface area contributed by atoms with Gasteiger partial charge < -0.3 is 20.0 Å². The topological polar surface area (TPSA) is 79.6 Å². The lowest BCUT2D eigenvalue weighted by atomic mass is 9.82. The van der Waals surface area contributed by atoms with E-state index in [1.54, 1.807) is 9.80 Å². The van der Waals surface area contributed by atoms with Crippen LogP contribution in [0.5, 0.6) is 0 Å². The van der Waals surface area contributed by atoms with Crippen LogP contribution in [0.3, 0.4) is 0 Å². The summed E-state index contributed by atoms with van der Waals surface area (Å²) >= 11 is 0. The Kier molecular flexibility index (Phi) is 8.12. The van der Waals surface area contributed by atoms with Crippen molar-refractivity contribution in [1.82, 2.24) is 14.7 Å². The summed E-state index contributed by atoms with van der Waals surface area (Å²) in [6.07, 6.45) is 0.659. The molecule has 2 aromatic rings. The third-order valence-electron chi connectivity index (χ3n) is 5.60. The normalized spacial score (nSPS) is 15.3. The third-order valence-corrected chi connectivity index (χ3v) is 5.60. The van der Waals surface area contributed by atoms with Gasteiger partial charge in [-0.2, -0.15) is 0 Å². The highest BCUT2D eigenvalue weighted by Crippen LogP contribution is 2.41. The average Bonchev–Trinajstić information content (AvgIpc) is 3.08. The number of nitrogens with zero attached hydrogens (tertiary/aromatic N) is 4. The van der Waals surface area contributed by atoms with Crippen LogP contribution in [-0.4, -0.2) is 90.3 Å². The van der Waals surface area contributed by atoms with Crippen LogP contribution in [0.4, 0.5) is 8.78 Å². The van der Waals surface area contributed by atoms with E-state index in [0.29, 0.717) is 30.1 Å². The molecule has 0 saturated carbocycles. The van der Waals surface area contributed by atoms with E-state index in [9.17, 15) is 23.8 Å². The van der Waals surface area contributed by atoms with Crippen LogP contribution in [-0.2, 0) is 10.3 Å². The summed E-state index contributed by atoms with van der Waals surface area (Å²) in [6.45, 7) is 1.03. The van der Waals surface area contributed by atoms with Gasteiger partial charge >= 0.3 is 0 Å². The monoisotopic (exact) mass is 460 g/mol. The Balaban J connectivity index is 2.18. The number of hydrogen-bond acceptors (Lipinski definition) is 6. The van der Waals surface area contributed by atoms with Gasteiger partial charge in [0.05, 0.1) is 13.2 Å². The number of hydrogen-bond donors (Lipinski definition) is 2. The number of carbonyl (C=O) groups excluding carboxylic acids is 1. The lowest BCUT2D eigenvalue weighted by molar-refractivity contribution is -0.130. The van der Waals surface area contributed by atoms with E-state index < -0.39 is 17.2 Å². The molecule has 3 rings (SSSR count). The molecular formula is C24H30F2N4O3. The maximum Gasteiger partial charge on any atom is 0.266 e. The minimum Gasteiger partial charge on any atom is -0.395 e. The van der Waals surface area contributed by atoms with Crippen LogP contribution < -0.4 is 0 Å². The molecule has 0 spiro atoms. The van der Waals surface area contributed by atoms with Crippen molar-refractivity contribution in [3.05, 3.63) is 71.3 Å².